The lowest BCUT2D eigenvalue weighted by Gasteiger charge is -2.52. The predicted octanol–water partition coefficient (Wildman–Crippen LogP) is 3.51. The molecule has 0 heterocycles. The van der Waals surface area contributed by atoms with Crippen LogP contribution in [0.15, 0.2) is 11.1 Å². The average molecular weight is 336 g/mol. The van der Waals surface area contributed by atoms with Gasteiger partial charge >= 0.3 is 0 Å². The van der Waals surface area contributed by atoms with Crippen molar-refractivity contribution in [2.24, 2.45) is 28.6 Å². The zero-order valence-electron chi connectivity index (χ0n) is 16.1. The number of aliphatic hydroxyl groups excluding tert-OH is 2. The first-order valence-electron chi connectivity index (χ1n) is 9.99. The van der Waals surface area contributed by atoms with Gasteiger partial charge in [0.1, 0.15) is 0 Å². The van der Waals surface area contributed by atoms with E-state index in [-0.39, 0.29) is 24.0 Å². The minimum atomic E-state index is -0.221. The van der Waals surface area contributed by atoms with E-state index in [9.17, 15) is 10.2 Å². The van der Waals surface area contributed by atoms with E-state index in [1.54, 1.807) is 11.1 Å². The average Bonchev–Trinajstić information content (AvgIpc) is 2.86. The zero-order valence-corrected chi connectivity index (χ0v) is 16.1. The van der Waals surface area contributed by atoms with Crippen LogP contribution in [-0.2, 0) is 0 Å². The third kappa shape index (κ3) is 2.97. The molecule has 0 saturated heterocycles. The van der Waals surface area contributed by atoms with E-state index in [2.05, 4.69) is 33.1 Å². The summed E-state index contributed by atoms with van der Waals surface area (Å²) < 4.78 is 0. The highest BCUT2D eigenvalue weighted by Crippen LogP contribution is 2.58. The fourth-order valence-corrected chi connectivity index (χ4v) is 6.28. The normalized spacial score (nSPS) is 42.2. The maximum Gasteiger partial charge on any atom is 0.0544 e. The Bertz CT molecular complexity index is 498. The lowest BCUT2D eigenvalue weighted by atomic mass is 9.53. The smallest absolute Gasteiger partial charge is 0.0544 e. The van der Waals surface area contributed by atoms with E-state index in [1.165, 1.54) is 25.7 Å². The zero-order chi connectivity index (χ0) is 17.5. The standard InChI is InChI=1S/C21H37NO2/c1-20(2)9-8-16-17(12-22-4)19(6-5-18(16)20)21(3)10-7-15(24)11-14(21)13-23/h14-15,17,19,22-24H,5-13H2,1-4H3. The molecule has 5 unspecified atom stereocenters. The first kappa shape index (κ1) is 18.4. The Morgan fingerprint density at radius 3 is 2.54 bits per heavy atom. The number of hydrogen-bond donors (Lipinski definition) is 3. The van der Waals surface area contributed by atoms with Crippen molar-refractivity contribution in [2.45, 2.75) is 71.8 Å². The second-order valence-electron chi connectivity index (χ2n) is 9.51. The molecule has 0 bridgehead atoms. The van der Waals surface area contributed by atoms with Gasteiger partial charge in [0.15, 0.2) is 0 Å². The third-order valence-corrected chi connectivity index (χ3v) is 7.86. The summed E-state index contributed by atoms with van der Waals surface area (Å²) in [6, 6.07) is 0. The third-order valence-electron chi connectivity index (χ3n) is 7.86. The van der Waals surface area contributed by atoms with Crippen LogP contribution in [0.5, 0.6) is 0 Å². The Balaban J connectivity index is 1.93. The van der Waals surface area contributed by atoms with Crippen LogP contribution in [0.2, 0.25) is 0 Å². The summed E-state index contributed by atoms with van der Waals surface area (Å²) in [5.74, 6) is 1.47. The van der Waals surface area contributed by atoms with Gasteiger partial charge in [-0.3, -0.25) is 0 Å². The molecular weight excluding hydrogens is 298 g/mol. The Morgan fingerprint density at radius 1 is 1.12 bits per heavy atom. The van der Waals surface area contributed by atoms with Crippen LogP contribution in [0.1, 0.15) is 65.7 Å². The van der Waals surface area contributed by atoms with Crippen molar-refractivity contribution in [2.75, 3.05) is 20.2 Å². The van der Waals surface area contributed by atoms with Crippen LogP contribution < -0.4 is 5.32 Å². The summed E-state index contributed by atoms with van der Waals surface area (Å²) >= 11 is 0. The molecule has 0 aromatic rings. The maximum atomic E-state index is 10.1. The van der Waals surface area contributed by atoms with Gasteiger partial charge in [-0.15, -0.1) is 0 Å². The molecule has 0 amide bonds. The van der Waals surface area contributed by atoms with Gasteiger partial charge in [0.05, 0.1) is 6.10 Å². The van der Waals surface area contributed by atoms with Crippen LogP contribution >= 0.6 is 0 Å². The maximum absolute atomic E-state index is 10.1. The van der Waals surface area contributed by atoms with Gasteiger partial charge in [-0.25, -0.2) is 0 Å². The summed E-state index contributed by atoms with van der Waals surface area (Å²) in [6.07, 6.45) is 7.54. The summed E-state index contributed by atoms with van der Waals surface area (Å²) in [5.41, 5.74) is 4.00. The number of rotatable bonds is 4. The fourth-order valence-electron chi connectivity index (χ4n) is 6.28. The van der Waals surface area contributed by atoms with E-state index in [0.717, 1.165) is 25.8 Å². The van der Waals surface area contributed by atoms with Crippen LogP contribution in [0.4, 0.5) is 0 Å². The first-order chi connectivity index (χ1) is 11.3. The second kappa shape index (κ2) is 6.74. The number of nitrogens with one attached hydrogen (secondary N) is 1. The van der Waals surface area contributed by atoms with Gasteiger partial charge in [0, 0.05) is 13.2 Å². The molecule has 3 aliphatic carbocycles. The summed E-state index contributed by atoms with van der Waals surface area (Å²) in [6.45, 7) is 8.50. The van der Waals surface area contributed by atoms with E-state index < -0.39 is 0 Å². The van der Waals surface area contributed by atoms with Gasteiger partial charge in [-0.1, -0.05) is 31.9 Å². The molecule has 1 saturated carbocycles. The van der Waals surface area contributed by atoms with Gasteiger partial charge < -0.3 is 15.5 Å². The van der Waals surface area contributed by atoms with E-state index in [4.69, 9.17) is 0 Å². The fraction of sp³-hybridized carbons (Fsp3) is 0.905. The molecule has 0 aromatic carbocycles. The largest absolute Gasteiger partial charge is 0.396 e. The van der Waals surface area contributed by atoms with Crippen LogP contribution in [0, 0.1) is 28.6 Å². The molecule has 0 aliphatic heterocycles. The van der Waals surface area contributed by atoms with Gasteiger partial charge in [0.2, 0.25) is 0 Å². The Hall–Kier alpha value is -0.380. The molecule has 3 heteroatoms. The van der Waals surface area contributed by atoms with Crippen molar-refractivity contribution in [1.82, 2.24) is 5.32 Å². The van der Waals surface area contributed by atoms with Gasteiger partial charge in [-0.2, -0.15) is 0 Å². The highest BCUT2D eigenvalue weighted by atomic mass is 16.3. The quantitative estimate of drug-likeness (QED) is 0.689. The van der Waals surface area contributed by atoms with E-state index in [1.807, 2.05) is 0 Å². The van der Waals surface area contributed by atoms with Gasteiger partial charge in [0.25, 0.3) is 0 Å². The molecule has 0 aromatic heterocycles. The van der Waals surface area contributed by atoms with Crippen LogP contribution in [0.3, 0.4) is 0 Å². The Kier molecular flexibility index (Phi) is 5.17. The monoisotopic (exact) mass is 335 g/mol. The lowest BCUT2D eigenvalue weighted by Crippen LogP contribution is -2.48. The van der Waals surface area contributed by atoms with E-state index >= 15 is 0 Å². The van der Waals surface area contributed by atoms with E-state index in [0.29, 0.717) is 17.3 Å². The van der Waals surface area contributed by atoms with Gasteiger partial charge in [-0.05, 0) is 80.6 Å². The Labute approximate surface area is 147 Å². The molecular formula is C21H37NO2. The lowest BCUT2D eigenvalue weighted by molar-refractivity contribution is -0.0581. The molecule has 0 radical (unpaired) electrons. The van der Waals surface area contributed by atoms with Crippen molar-refractivity contribution >= 4 is 0 Å². The summed E-state index contributed by atoms with van der Waals surface area (Å²) in [5, 5.41) is 23.6. The second-order valence-corrected chi connectivity index (χ2v) is 9.51. The van der Waals surface area contributed by atoms with Crippen molar-refractivity contribution in [3.63, 3.8) is 0 Å². The molecule has 1 fully saturated rings. The minimum Gasteiger partial charge on any atom is -0.396 e. The number of hydrogen-bond acceptors (Lipinski definition) is 3. The molecule has 5 atom stereocenters. The first-order valence-corrected chi connectivity index (χ1v) is 9.99. The molecule has 3 nitrogen and oxygen atoms in total. The molecule has 24 heavy (non-hydrogen) atoms. The van der Waals surface area contributed by atoms with Crippen LogP contribution in [-0.4, -0.2) is 36.5 Å². The molecule has 3 N–H and O–H groups in total. The SMILES string of the molecule is CNCC1C2=C(CCC1C1(C)CCC(O)CC1CO)C(C)(C)CC2. The molecule has 0 spiro atoms. The minimum absolute atomic E-state index is 0.154. The van der Waals surface area contributed by atoms with Crippen LogP contribution in [0.25, 0.3) is 0 Å². The summed E-state index contributed by atoms with van der Waals surface area (Å²) in [4.78, 5) is 0. The van der Waals surface area contributed by atoms with Crippen molar-refractivity contribution in [3.05, 3.63) is 11.1 Å². The summed E-state index contributed by atoms with van der Waals surface area (Å²) in [7, 11) is 2.07. The molecule has 3 rings (SSSR count). The molecule has 3 aliphatic rings. The highest BCUT2D eigenvalue weighted by molar-refractivity contribution is 5.32. The predicted molar refractivity (Wildman–Crippen MR) is 98.7 cm³/mol. The van der Waals surface area contributed by atoms with Crippen molar-refractivity contribution in [3.8, 4) is 0 Å². The Morgan fingerprint density at radius 2 is 1.88 bits per heavy atom. The van der Waals surface area contributed by atoms with Crippen molar-refractivity contribution in [1.29, 1.82) is 0 Å². The number of allylic oxidation sites excluding steroid dienone is 1. The highest BCUT2D eigenvalue weighted by Gasteiger charge is 2.51. The topological polar surface area (TPSA) is 52.5 Å². The molecule has 138 valence electrons. The number of aliphatic hydroxyl groups is 2. The van der Waals surface area contributed by atoms with Crippen molar-refractivity contribution < 1.29 is 10.2 Å².